The van der Waals surface area contributed by atoms with Crippen molar-refractivity contribution in [2.24, 2.45) is 0 Å². The van der Waals surface area contributed by atoms with Gasteiger partial charge < -0.3 is 9.73 Å². The standard InChI is InChI=1S/C14H17N5O5S/c1-25(22,23)19-8-7-17(14(19)21)13(20)15-10-11(12-4-2-9-24-12)18-6-3-5-16-18/h2-6,9,11H,7-8,10H2,1H3,(H,15,20). The van der Waals surface area contributed by atoms with Crippen LogP contribution in [-0.2, 0) is 10.0 Å². The second kappa shape index (κ2) is 6.59. The number of sulfonamides is 1. The number of carbonyl (C=O) groups is 2. The summed E-state index contributed by atoms with van der Waals surface area (Å²) in [5.74, 6) is 0.592. The number of amides is 4. The van der Waals surface area contributed by atoms with Gasteiger partial charge in [0.05, 0.1) is 25.6 Å². The molecule has 11 heteroatoms. The minimum atomic E-state index is -3.69. The van der Waals surface area contributed by atoms with Gasteiger partial charge >= 0.3 is 12.1 Å². The lowest BCUT2D eigenvalue weighted by Gasteiger charge is -2.19. The molecular formula is C14H17N5O5S. The number of imide groups is 1. The molecule has 2 aromatic heterocycles. The van der Waals surface area contributed by atoms with Crippen LogP contribution in [0.25, 0.3) is 0 Å². The maximum Gasteiger partial charge on any atom is 0.341 e. The predicted molar refractivity (Wildman–Crippen MR) is 86.1 cm³/mol. The first-order valence-corrected chi connectivity index (χ1v) is 9.32. The maximum absolute atomic E-state index is 12.3. The SMILES string of the molecule is CS(=O)(=O)N1CCN(C(=O)NCC(c2ccco2)n2cccn2)C1=O. The quantitative estimate of drug-likeness (QED) is 0.821. The van der Waals surface area contributed by atoms with Crippen LogP contribution in [0.5, 0.6) is 0 Å². The molecule has 1 atom stereocenters. The molecular weight excluding hydrogens is 350 g/mol. The summed E-state index contributed by atoms with van der Waals surface area (Å²) in [5.41, 5.74) is 0. The van der Waals surface area contributed by atoms with Crippen LogP contribution in [0.4, 0.5) is 9.59 Å². The van der Waals surface area contributed by atoms with Crippen molar-refractivity contribution in [1.29, 1.82) is 0 Å². The van der Waals surface area contributed by atoms with Crippen molar-refractivity contribution in [2.75, 3.05) is 25.9 Å². The minimum Gasteiger partial charge on any atom is -0.467 e. The Hall–Kier alpha value is -2.82. The predicted octanol–water partition coefficient (Wildman–Crippen LogP) is 0.472. The summed E-state index contributed by atoms with van der Waals surface area (Å²) in [6, 6.07) is 3.31. The van der Waals surface area contributed by atoms with Gasteiger partial charge in [0.25, 0.3) is 0 Å². The molecule has 134 valence electrons. The molecule has 1 aliphatic heterocycles. The highest BCUT2D eigenvalue weighted by molar-refractivity contribution is 7.88. The van der Waals surface area contributed by atoms with Crippen molar-refractivity contribution in [3.63, 3.8) is 0 Å². The molecule has 10 nitrogen and oxygen atoms in total. The zero-order valence-electron chi connectivity index (χ0n) is 13.4. The van der Waals surface area contributed by atoms with E-state index in [1.807, 2.05) is 0 Å². The first kappa shape index (κ1) is 17.0. The maximum atomic E-state index is 12.3. The lowest BCUT2D eigenvalue weighted by molar-refractivity contribution is 0.193. The smallest absolute Gasteiger partial charge is 0.341 e. The van der Waals surface area contributed by atoms with Crippen LogP contribution in [0.2, 0.25) is 0 Å². The molecule has 1 saturated heterocycles. The minimum absolute atomic E-state index is 0.00489. The summed E-state index contributed by atoms with van der Waals surface area (Å²) in [6.45, 7) is 0.0768. The highest BCUT2D eigenvalue weighted by atomic mass is 32.2. The third kappa shape index (κ3) is 3.50. The lowest BCUT2D eigenvalue weighted by atomic mass is 10.2. The Bertz CT molecular complexity index is 812. The van der Waals surface area contributed by atoms with Gasteiger partial charge in [-0.25, -0.2) is 27.2 Å². The zero-order valence-corrected chi connectivity index (χ0v) is 14.2. The number of nitrogens with one attached hydrogen (secondary N) is 1. The third-order valence-corrected chi connectivity index (χ3v) is 4.92. The molecule has 0 spiro atoms. The fraction of sp³-hybridized carbons (Fsp3) is 0.357. The van der Waals surface area contributed by atoms with Crippen molar-refractivity contribution < 1.29 is 22.4 Å². The number of nitrogens with zero attached hydrogens (tertiary/aromatic N) is 4. The summed E-state index contributed by atoms with van der Waals surface area (Å²) in [5, 5.41) is 6.77. The van der Waals surface area contributed by atoms with Gasteiger partial charge in [-0.3, -0.25) is 4.68 Å². The van der Waals surface area contributed by atoms with E-state index in [1.165, 1.54) is 6.26 Å². The topological polar surface area (TPSA) is 118 Å². The number of urea groups is 2. The summed E-state index contributed by atoms with van der Waals surface area (Å²) in [6.07, 6.45) is 5.77. The molecule has 25 heavy (non-hydrogen) atoms. The first-order valence-electron chi connectivity index (χ1n) is 7.47. The van der Waals surface area contributed by atoms with Crippen LogP contribution in [0, 0.1) is 0 Å². The number of aromatic nitrogens is 2. The van der Waals surface area contributed by atoms with E-state index in [4.69, 9.17) is 4.42 Å². The Kier molecular flexibility index (Phi) is 4.49. The van der Waals surface area contributed by atoms with Crippen LogP contribution in [0.1, 0.15) is 11.8 Å². The summed E-state index contributed by atoms with van der Waals surface area (Å²) < 4.78 is 30.7. The zero-order chi connectivity index (χ0) is 18.0. The molecule has 0 aliphatic carbocycles. The van der Waals surface area contributed by atoms with E-state index in [0.717, 1.165) is 11.2 Å². The van der Waals surface area contributed by atoms with Gasteiger partial charge in [-0.2, -0.15) is 5.10 Å². The van der Waals surface area contributed by atoms with E-state index in [2.05, 4.69) is 10.4 Å². The molecule has 3 rings (SSSR count). The van der Waals surface area contributed by atoms with Crippen molar-refractivity contribution in [1.82, 2.24) is 24.3 Å². The Morgan fingerprint density at radius 2 is 2.20 bits per heavy atom. The fourth-order valence-electron chi connectivity index (χ4n) is 2.56. The van der Waals surface area contributed by atoms with Gasteiger partial charge in [0.2, 0.25) is 10.0 Å². The third-order valence-electron chi connectivity index (χ3n) is 3.78. The fourth-order valence-corrected chi connectivity index (χ4v) is 3.36. The summed E-state index contributed by atoms with van der Waals surface area (Å²) in [7, 11) is -3.69. The van der Waals surface area contributed by atoms with Gasteiger partial charge in [0, 0.05) is 18.9 Å². The molecule has 0 aromatic carbocycles. The molecule has 1 unspecified atom stereocenters. The number of hydrogen-bond acceptors (Lipinski definition) is 6. The highest BCUT2D eigenvalue weighted by Crippen LogP contribution is 2.18. The second-order valence-electron chi connectivity index (χ2n) is 5.47. The van der Waals surface area contributed by atoms with Crippen LogP contribution < -0.4 is 5.32 Å². The van der Waals surface area contributed by atoms with Gasteiger partial charge in [-0.1, -0.05) is 0 Å². The molecule has 3 heterocycles. The molecule has 0 saturated carbocycles. The van der Waals surface area contributed by atoms with E-state index < -0.39 is 28.1 Å². The highest BCUT2D eigenvalue weighted by Gasteiger charge is 2.38. The monoisotopic (exact) mass is 367 g/mol. The molecule has 1 N–H and O–H groups in total. The van der Waals surface area contributed by atoms with Crippen molar-refractivity contribution >= 4 is 22.1 Å². The van der Waals surface area contributed by atoms with E-state index in [9.17, 15) is 18.0 Å². The number of furan rings is 1. The van der Waals surface area contributed by atoms with Gasteiger partial charge in [0.1, 0.15) is 11.8 Å². The molecule has 1 aliphatic rings. The summed E-state index contributed by atoms with van der Waals surface area (Å²) >= 11 is 0. The van der Waals surface area contributed by atoms with Crippen molar-refractivity contribution in [3.05, 3.63) is 42.6 Å². The van der Waals surface area contributed by atoms with Crippen LogP contribution in [0.3, 0.4) is 0 Å². The average Bonchev–Trinajstić information content (AvgIpc) is 3.28. The Morgan fingerprint density at radius 3 is 2.76 bits per heavy atom. The number of carbonyl (C=O) groups excluding carboxylic acids is 2. The van der Waals surface area contributed by atoms with Crippen molar-refractivity contribution in [2.45, 2.75) is 6.04 Å². The Balaban J connectivity index is 1.68. The van der Waals surface area contributed by atoms with Gasteiger partial charge in [-0.05, 0) is 18.2 Å². The lowest BCUT2D eigenvalue weighted by Crippen LogP contribution is -2.45. The van der Waals surface area contributed by atoms with E-state index in [-0.39, 0.29) is 19.6 Å². The van der Waals surface area contributed by atoms with E-state index >= 15 is 0 Å². The van der Waals surface area contributed by atoms with E-state index in [0.29, 0.717) is 10.1 Å². The first-order chi connectivity index (χ1) is 11.9. The molecule has 0 bridgehead atoms. The normalized spacial score (nSPS) is 16.3. The average molecular weight is 367 g/mol. The van der Waals surface area contributed by atoms with E-state index in [1.54, 1.807) is 35.3 Å². The van der Waals surface area contributed by atoms with Crippen LogP contribution in [-0.4, -0.2) is 65.4 Å². The second-order valence-corrected chi connectivity index (χ2v) is 7.38. The molecule has 4 amide bonds. The molecule has 0 radical (unpaired) electrons. The van der Waals surface area contributed by atoms with Crippen LogP contribution >= 0.6 is 0 Å². The Labute approximate surface area is 144 Å². The Morgan fingerprint density at radius 1 is 1.40 bits per heavy atom. The number of hydrogen-bond donors (Lipinski definition) is 1. The van der Waals surface area contributed by atoms with Crippen molar-refractivity contribution in [3.8, 4) is 0 Å². The summed E-state index contributed by atoms with van der Waals surface area (Å²) in [4.78, 5) is 25.2. The van der Waals surface area contributed by atoms with Crippen LogP contribution in [0.15, 0.2) is 41.3 Å². The molecule has 1 fully saturated rings. The molecule has 2 aromatic rings. The number of rotatable bonds is 5. The largest absolute Gasteiger partial charge is 0.467 e. The van der Waals surface area contributed by atoms with Gasteiger partial charge in [-0.15, -0.1) is 0 Å². The van der Waals surface area contributed by atoms with Gasteiger partial charge in [0.15, 0.2) is 0 Å².